The summed E-state index contributed by atoms with van der Waals surface area (Å²) >= 11 is 1.76. The minimum Gasteiger partial charge on any atom is -0.399 e. The molecule has 0 spiro atoms. The van der Waals surface area contributed by atoms with E-state index < -0.39 is 15.8 Å². The third-order valence-electron chi connectivity index (χ3n) is 3.34. The van der Waals surface area contributed by atoms with Crippen molar-refractivity contribution < 1.29 is 12.8 Å². The third-order valence-corrected chi connectivity index (χ3v) is 6.14. The van der Waals surface area contributed by atoms with Crippen molar-refractivity contribution in [3.8, 4) is 0 Å². The van der Waals surface area contributed by atoms with E-state index in [1.807, 2.05) is 0 Å². The molecule has 1 aromatic rings. The number of benzene rings is 1. The maximum absolute atomic E-state index is 13.3. The second-order valence-corrected chi connectivity index (χ2v) is 8.10. The molecule has 0 heterocycles. The predicted molar refractivity (Wildman–Crippen MR) is 80.7 cm³/mol. The fourth-order valence-corrected chi connectivity index (χ4v) is 5.14. The van der Waals surface area contributed by atoms with E-state index in [2.05, 4.69) is 11.6 Å². The van der Waals surface area contributed by atoms with Crippen LogP contribution in [0.2, 0.25) is 0 Å². The van der Waals surface area contributed by atoms with Crippen LogP contribution in [0.3, 0.4) is 0 Å². The maximum Gasteiger partial charge on any atom is 0.241 e. The Labute approximate surface area is 123 Å². The summed E-state index contributed by atoms with van der Waals surface area (Å²) in [5.41, 5.74) is 5.61. The molecule has 4 nitrogen and oxygen atoms in total. The van der Waals surface area contributed by atoms with Crippen molar-refractivity contribution in [2.45, 2.75) is 42.4 Å². The lowest BCUT2D eigenvalue weighted by atomic mass is 10.3. The molecule has 20 heavy (non-hydrogen) atoms. The van der Waals surface area contributed by atoms with Gasteiger partial charge in [-0.15, -0.1) is 0 Å². The van der Waals surface area contributed by atoms with Crippen LogP contribution in [0.1, 0.15) is 26.2 Å². The number of hydrogen-bond donors (Lipinski definition) is 2. The van der Waals surface area contributed by atoms with Gasteiger partial charge < -0.3 is 5.73 Å². The normalized spacial score (nSPS) is 23.1. The van der Waals surface area contributed by atoms with Crippen LogP contribution in [-0.4, -0.2) is 25.5 Å². The lowest BCUT2D eigenvalue weighted by molar-refractivity contribution is 0.553. The van der Waals surface area contributed by atoms with Crippen LogP contribution in [0.15, 0.2) is 23.1 Å². The van der Waals surface area contributed by atoms with Crippen molar-refractivity contribution in [1.29, 1.82) is 0 Å². The third kappa shape index (κ3) is 3.65. The molecule has 0 amide bonds. The van der Waals surface area contributed by atoms with Crippen molar-refractivity contribution in [2.75, 3.05) is 11.5 Å². The summed E-state index contributed by atoms with van der Waals surface area (Å²) in [6, 6.07) is 3.29. The van der Waals surface area contributed by atoms with E-state index in [-0.39, 0.29) is 16.6 Å². The number of thioether (sulfide) groups is 1. The average molecular weight is 318 g/mol. The Morgan fingerprint density at radius 1 is 1.40 bits per heavy atom. The maximum atomic E-state index is 13.3. The molecule has 2 unspecified atom stereocenters. The van der Waals surface area contributed by atoms with E-state index in [0.29, 0.717) is 5.25 Å². The number of anilines is 1. The Kier molecular flexibility index (Phi) is 4.93. The molecule has 0 bridgehead atoms. The van der Waals surface area contributed by atoms with Gasteiger partial charge in [0, 0.05) is 17.0 Å². The first-order valence-corrected chi connectivity index (χ1v) is 9.15. The van der Waals surface area contributed by atoms with E-state index in [9.17, 15) is 12.8 Å². The molecule has 3 N–H and O–H groups in total. The minimum absolute atomic E-state index is 0.0885. The highest BCUT2D eigenvalue weighted by Crippen LogP contribution is 2.31. The molecule has 1 aliphatic carbocycles. The topological polar surface area (TPSA) is 72.2 Å². The summed E-state index contributed by atoms with van der Waals surface area (Å²) in [5.74, 6) is 0.312. The van der Waals surface area contributed by atoms with Crippen LogP contribution in [0.5, 0.6) is 0 Å². The molecule has 0 saturated heterocycles. The standard InChI is InChI=1S/C13H19FN2O2S2/c1-2-19-13-5-3-4-12(13)16-20(17,18)11-7-9(14)6-10(15)8-11/h6-8,12-13,16H,2-5,15H2,1H3. The zero-order valence-corrected chi connectivity index (χ0v) is 12.9. The van der Waals surface area contributed by atoms with Gasteiger partial charge in [0.25, 0.3) is 0 Å². The van der Waals surface area contributed by atoms with Crippen molar-refractivity contribution in [2.24, 2.45) is 0 Å². The number of nitrogen functional groups attached to an aromatic ring is 1. The van der Waals surface area contributed by atoms with Crippen LogP contribution in [0, 0.1) is 5.82 Å². The Hall–Kier alpha value is -0.790. The van der Waals surface area contributed by atoms with Gasteiger partial charge in [-0.2, -0.15) is 11.8 Å². The largest absolute Gasteiger partial charge is 0.399 e. The highest BCUT2D eigenvalue weighted by atomic mass is 32.2. The first kappa shape index (κ1) is 15.6. The van der Waals surface area contributed by atoms with Gasteiger partial charge in [0.1, 0.15) is 5.82 Å². The van der Waals surface area contributed by atoms with Crippen molar-refractivity contribution >= 4 is 27.5 Å². The van der Waals surface area contributed by atoms with E-state index >= 15 is 0 Å². The van der Waals surface area contributed by atoms with Crippen molar-refractivity contribution in [1.82, 2.24) is 4.72 Å². The Bertz CT molecular complexity index is 557. The Morgan fingerprint density at radius 2 is 2.15 bits per heavy atom. The minimum atomic E-state index is -3.72. The summed E-state index contributed by atoms with van der Waals surface area (Å²) in [6.07, 6.45) is 2.84. The van der Waals surface area contributed by atoms with Gasteiger partial charge in [0.15, 0.2) is 0 Å². The predicted octanol–water partition coefficient (Wildman–Crippen LogP) is 2.36. The lowest BCUT2D eigenvalue weighted by Crippen LogP contribution is -2.38. The molecule has 1 aliphatic rings. The van der Waals surface area contributed by atoms with E-state index in [1.54, 1.807) is 11.8 Å². The van der Waals surface area contributed by atoms with Crippen LogP contribution in [0.25, 0.3) is 0 Å². The van der Waals surface area contributed by atoms with E-state index in [4.69, 9.17) is 5.73 Å². The van der Waals surface area contributed by atoms with Crippen LogP contribution in [-0.2, 0) is 10.0 Å². The number of sulfonamides is 1. The Balaban J connectivity index is 2.18. The van der Waals surface area contributed by atoms with Gasteiger partial charge in [-0.05, 0) is 36.8 Å². The summed E-state index contributed by atoms with van der Waals surface area (Å²) < 4.78 is 40.6. The summed E-state index contributed by atoms with van der Waals surface area (Å²) in [5, 5.41) is 0.292. The molecule has 0 aromatic heterocycles. The first-order chi connectivity index (χ1) is 9.42. The molecule has 1 aromatic carbocycles. The highest BCUT2D eigenvalue weighted by molar-refractivity contribution is 8.00. The molecular formula is C13H19FN2O2S2. The second-order valence-electron chi connectivity index (χ2n) is 4.87. The molecular weight excluding hydrogens is 299 g/mol. The summed E-state index contributed by atoms with van der Waals surface area (Å²) in [7, 11) is -3.72. The fourth-order valence-electron chi connectivity index (χ4n) is 2.48. The molecule has 2 atom stereocenters. The van der Waals surface area contributed by atoms with Crippen LogP contribution < -0.4 is 10.5 Å². The molecule has 112 valence electrons. The van der Waals surface area contributed by atoms with Gasteiger partial charge in [0.05, 0.1) is 4.90 Å². The number of nitrogens with one attached hydrogen (secondary N) is 1. The zero-order valence-electron chi connectivity index (χ0n) is 11.3. The lowest BCUT2D eigenvalue weighted by Gasteiger charge is -2.20. The first-order valence-electron chi connectivity index (χ1n) is 6.62. The molecule has 7 heteroatoms. The molecule has 2 rings (SSSR count). The fraction of sp³-hybridized carbons (Fsp3) is 0.538. The van der Waals surface area contributed by atoms with Crippen molar-refractivity contribution in [3.05, 3.63) is 24.0 Å². The molecule has 0 aliphatic heterocycles. The van der Waals surface area contributed by atoms with Gasteiger partial charge >= 0.3 is 0 Å². The van der Waals surface area contributed by atoms with Crippen molar-refractivity contribution in [3.63, 3.8) is 0 Å². The number of hydrogen-bond acceptors (Lipinski definition) is 4. The van der Waals surface area contributed by atoms with E-state index in [1.165, 1.54) is 6.07 Å². The smallest absolute Gasteiger partial charge is 0.241 e. The average Bonchev–Trinajstić information content (AvgIpc) is 2.75. The van der Waals surface area contributed by atoms with Gasteiger partial charge in [-0.3, -0.25) is 0 Å². The quantitative estimate of drug-likeness (QED) is 0.818. The second kappa shape index (κ2) is 6.32. The molecule has 1 saturated carbocycles. The SMILES string of the molecule is CCSC1CCCC1NS(=O)(=O)c1cc(N)cc(F)c1. The van der Waals surface area contributed by atoms with Gasteiger partial charge in [-0.1, -0.05) is 13.3 Å². The highest BCUT2D eigenvalue weighted by Gasteiger charge is 2.31. The zero-order chi connectivity index (χ0) is 14.8. The molecule has 0 radical (unpaired) electrons. The van der Waals surface area contributed by atoms with Gasteiger partial charge in [0.2, 0.25) is 10.0 Å². The van der Waals surface area contributed by atoms with Crippen LogP contribution >= 0.6 is 11.8 Å². The monoisotopic (exact) mass is 318 g/mol. The summed E-state index contributed by atoms with van der Waals surface area (Å²) in [6.45, 7) is 2.06. The Morgan fingerprint density at radius 3 is 2.80 bits per heavy atom. The van der Waals surface area contributed by atoms with E-state index in [0.717, 1.165) is 37.1 Å². The van der Waals surface area contributed by atoms with Crippen LogP contribution in [0.4, 0.5) is 10.1 Å². The summed E-state index contributed by atoms with van der Waals surface area (Å²) in [4.78, 5) is -0.109. The van der Waals surface area contributed by atoms with Gasteiger partial charge in [-0.25, -0.2) is 17.5 Å². The number of nitrogens with two attached hydrogens (primary N) is 1. The number of halogens is 1. The molecule has 1 fully saturated rings. The number of rotatable bonds is 5.